The number of aliphatic imine (C=N–C) groups is 1. The minimum atomic E-state index is -0.228. The molecule has 0 N–H and O–H groups in total. The molecule has 4 heteroatoms. The molecule has 2 atom stereocenters. The van der Waals surface area contributed by atoms with Gasteiger partial charge in [-0.25, -0.2) is 0 Å². The number of hydrogen-bond donors (Lipinski definition) is 0. The van der Waals surface area contributed by atoms with E-state index in [0.717, 1.165) is 25.0 Å². The molecule has 1 saturated heterocycles. The number of amides is 2. The summed E-state index contributed by atoms with van der Waals surface area (Å²) < 4.78 is 0. The van der Waals surface area contributed by atoms with Crippen LogP contribution >= 0.6 is 0 Å². The zero-order valence-electron chi connectivity index (χ0n) is 9.19. The Morgan fingerprint density at radius 3 is 2.80 bits per heavy atom. The number of carbonyl (C=O) groups excluding carboxylic acids is 2. The van der Waals surface area contributed by atoms with Crippen molar-refractivity contribution in [2.24, 2.45) is 16.8 Å². The predicted octanol–water partition coefficient (Wildman–Crippen LogP) is 0.862. The van der Waals surface area contributed by atoms with Crippen molar-refractivity contribution in [3.63, 3.8) is 0 Å². The lowest BCUT2D eigenvalue weighted by Crippen LogP contribution is -2.28. The fourth-order valence-electron chi connectivity index (χ4n) is 2.35. The highest BCUT2D eigenvalue weighted by molar-refractivity contribution is 6.17. The Kier molecular flexibility index (Phi) is 2.59. The van der Waals surface area contributed by atoms with Gasteiger partial charge in [-0.15, -0.1) is 0 Å². The minimum absolute atomic E-state index is 0.0553. The maximum Gasteiger partial charge on any atom is 0.238 e. The lowest BCUT2D eigenvalue weighted by molar-refractivity contribution is -0.137. The molecule has 0 spiro atoms. The van der Waals surface area contributed by atoms with E-state index in [1.54, 1.807) is 7.05 Å². The molecule has 0 aromatic carbocycles. The summed E-state index contributed by atoms with van der Waals surface area (Å²) in [6, 6.07) is 0. The van der Waals surface area contributed by atoms with Crippen LogP contribution in [0.5, 0.6) is 0 Å². The quantitative estimate of drug-likeness (QED) is 0.646. The number of likely N-dealkylation sites (tertiary alicyclic amines) is 1. The average Bonchev–Trinajstić information content (AvgIpc) is 2.74. The summed E-state index contributed by atoms with van der Waals surface area (Å²) in [7, 11) is 1.57. The summed E-state index contributed by atoms with van der Waals surface area (Å²) in [5.74, 6) is -0.527. The first-order valence-electron chi connectivity index (χ1n) is 5.51. The Balaban J connectivity index is 2.13. The second-order valence-corrected chi connectivity index (χ2v) is 4.26. The van der Waals surface area contributed by atoms with Crippen molar-refractivity contribution in [1.29, 1.82) is 0 Å². The molecule has 2 unspecified atom stereocenters. The molecule has 15 heavy (non-hydrogen) atoms. The predicted molar refractivity (Wildman–Crippen MR) is 56.6 cm³/mol. The molecule has 2 aliphatic heterocycles. The number of rotatable bonds is 3. The van der Waals surface area contributed by atoms with Gasteiger partial charge in [0.2, 0.25) is 11.8 Å². The van der Waals surface area contributed by atoms with E-state index in [9.17, 15) is 9.59 Å². The van der Waals surface area contributed by atoms with Crippen LogP contribution in [0, 0.1) is 11.8 Å². The van der Waals surface area contributed by atoms with Gasteiger partial charge in [0.15, 0.2) is 0 Å². The second kappa shape index (κ2) is 3.76. The summed E-state index contributed by atoms with van der Waals surface area (Å²) >= 11 is 0. The Hall–Kier alpha value is -1.19. The Morgan fingerprint density at radius 2 is 2.13 bits per heavy atom. The summed E-state index contributed by atoms with van der Waals surface area (Å²) in [5, 5.41) is 0. The van der Waals surface area contributed by atoms with Crippen LogP contribution in [0.1, 0.15) is 26.2 Å². The Bertz CT molecular complexity index is 335. The van der Waals surface area contributed by atoms with Crippen LogP contribution < -0.4 is 0 Å². The Morgan fingerprint density at radius 1 is 1.40 bits per heavy atom. The molecule has 0 aliphatic carbocycles. The van der Waals surface area contributed by atoms with E-state index in [2.05, 4.69) is 11.9 Å². The second-order valence-electron chi connectivity index (χ2n) is 4.26. The van der Waals surface area contributed by atoms with Gasteiger partial charge in [0.05, 0.1) is 18.4 Å². The monoisotopic (exact) mass is 208 g/mol. The number of hydrogen-bond acceptors (Lipinski definition) is 3. The first-order valence-corrected chi connectivity index (χ1v) is 5.51. The van der Waals surface area contributed by atoms with Gasteiger partial charge in [-0.1, -0.05) is 13.3 Å². The molecule has 2 amide bonds. The van der Waals surface area contributed by atoms with E-state index in [1.807, 2.05) is 0 Å². The third-order valence-corrected chi connectivity index (χ3v) is 3.28. The van der Waals surface area contributed by atoms with Crippen molar-refractivity contribution in [3.05, 3.63) is 0 Å². The lowest BCUT2D eigenvalue weighted by Gasteiger charge is -2.09. The third-order valence-electron chi connectivity index (χ3n) is 3.28. The van der Waals surface area contributed by atoms with E-state index in [1.165, 1.54) is 4.90 Å². The maximum absolute atomic E-state index is 11.8. The maximum atomic E-state index is 11.8. The van der Waals surface area contributed by atoms with Crippen molar-refractivity contribution < 1.29 is 9.59 Å². The third kappa shape index (κ3) is 1.48. The van der Waals surface area contributed by atoms with Crippen molar-refractivity contribution in [2.75, 3.05) is 13.6 Å². The number of unbranched alkanes of at least 4 members (excludes halogenated alkanes) is 1. The molecule has 0 aromatic heterocycles. The molecule has 0 aromatic rings. The SMILES string of the molecule is CCCCC1=NCC2C(=O)N(C)C(=O)C12. The van der Waals surface area contributed by atoms with E-state index in [-0.39, 0.29) is 23.7 Å². The van der Waals surface area contributed by atoms with Crippen LogP contribution in [-0.2, 0) is 9.59 Å². The first kappa shape index (κ1) is 10.3. The Labute approximate surface area is 89.4 Å². The van der Waals surface area contributed by atoms with E-state index in [0.29, 0.717) is 6.54 Å². The number of carbonyl (C=O) groups is 2. The normalized spacial score (nSPS) is 29.7. The highest BCUT2D eigenvalue weighted by Gasteiger charge is 2.50. The summed E-state index contributed by atoms with van der Waals surface area (Å²) in [5.41, 5.74) is 0.949. The molecule has 0 saturated carbocycles. The fraction of sp³-hybridized carbons (Fsp3) is 0.727. The van der Waals surface area contributed by atoms with Gasteiger partial charge in [-0.2, -0.15) is 0 Å². The molecule has 4 nitrogen and oxygen atoms in total. The van der Waals surface area contributed by atoms with Gasteiger partial charge in [0, 0.05) is 12.8 Å². The van der Waals surface area contributed by atoms with E-state index < -0.39 is 0 Å². The number of fused-ring (bicyclic) bond motifs is 1. The molecule has 0 bridgehead atoms. The van der Waals surface area contributed by atoms with Gasteiger partial charge in [-0.05, 0) is 12.8 Å². The van der Waals surface area contributed by atoms with Crippen molar-refractivity contribution in [2.45, 2.75) is 26.2 Å². The van der Waals surface area contributed by atoms with Gasteiger partial charge in [0.25, 0.3) is 0 Å². The molecule has 2 aliphatic rings. The minimum Gasteiger partial charge on any atom is -0.292 e. The smallest absolute Gasteiger partial charge is 0.238 e. The molecular formula is C11H16N2O2. The summed E-state index contributed by atoms with van der Waals surface area (Å²) in [6.45, 7) is 2.62. The van der Waals surface area contributed by atoms with Crippen molar-refractivity contribution in [1.82, 2.24) is 4.90 Å². The summed E-state index contributed by atoms with van der Waals surface area (Å²) in [4.78, 5) is 29.0. The van der Waals surface area contributed by atoms with Crippen molar-refractivity contribution in [3.8, 4) is 0 Å². The average molecular weight is 208 g/mol. The largest absolute Gasteiger partial charge is 0.292 e. The van der Waals surface area contributed by atoms with Crippen molar-refractivity contribution >= 4 is 17.5 Å². The molecule has 2 heterocycles. The van der Waals surface area contributed by atoms with Gasteiger partial charge in [-0.3, -0.25) is 19.5 Å². The highest BCUT2D eigenvalue weighted by atomic mass is 16.2. The van der Waals surface area contributed by atoms with Gasteiger partial charge in [0.1, 0.15) is 0 Å². The molecular weight excluding hydrogens is 192 g/mol. The van der Waals surface area contributed by atoms with Gasteiger partial charge >= 0.3 is 0 Å². The lowest BCUT2D eigenvalue weighted by atomic mass is 9.91. The van der Waals surface area contributed by atoms with E-state index in [4.69, 9.17) is 0 Å². The molecule has 0 radical (unpaired) electrons. The molecule has 82 valence electrons. The molecule has 2 rings (SSSR count). The first-order chi connectivity index (χ1) is 7.16. The van der Waals surface area contributed by atoms with Crippen LogP contribution in [0.25, 0.3) is 0 Å². The van der Waals surface area contributed by atoms with Crippen LogP contribution in [0.15, 0.2) is 4.99 Å². The van der Waals surface area contributed by atoms with E-state index >= 15 is 0 Å². The van der Waals surface area contributed by atoms with Crippen LogP contribution in [0.3, 0.4) is 0 Å². The molecule has 1 fully saturated rings. The van der Waals surface area contributed by atoms with Crippen LogP contribution in [0.2, 0.25) is 0 Å². The highest BCUT2D eigenvalue weighted by Crippen LogP contribution is 2.33. The van der Waals surface area contributed by atoms with Gasteiger partial charge < -0.3 is 0 Å². The zero-order chi connectivity index (χ0) is 11.0. The number of imide groups is 1. The summed E-state index contributed by atoms with van der Waals surface area (Å²) in [6.07, 6.45) is 3.01. The zero-order valence-corrected chi connectivity index (χ0v) is 9.19. The topological polar surface area (TPSA) is 49.7 Å². The van der Waals surface area contributed by atoms with Crippen LogP contribution in [0.4, 0.5) is 0 Å². The van der Waals surface area contributed by atoms with Crippen LogP contribution in [-0.4, -0.2) is 36.0 Å². The fourth-order valence-corrected chi connectivity index (χ4v) is 2.35. The number of nitrogens with zero attached hydrogens (tertiary/aromatic N) is 2. The standard InChI is InChI=1S/C11H16N2O2/c1-3-4-5-8-9-7(6-12-8)10(14)13(2)11(9)15/h7,9H,3-6H2,1-2H3.